The minimum absolute atomic E-state index is 0.566. The van der Waals surface area contributed by atoms with Crippen LogP contribution in [0.5, 0.6) is 0 Å². The summed E-state index contributed by atoms with van der Waals surface area (Å²) in [6.07, 6.45) is 0. The van der Waals surface area contributed by atoms with Crippen LogP contribution in [0.1, 0.15) is 25.0 Å². The maximum atomic E-state index is 7.67. The summed E-state index contributed by atoms with van der Waals surface area (Å²) in [6, 6.07) is 15.9. The Morgan fingerprint density at radius 2 is 1.11 bits per heavy atom. The Morgan fingerprint density at radius 3 is 1.44 bits per heavy atom. The summed E-state index contributed by atoms with van der Waals surface area (Å²) in [6.45, 7) is 3.58. The Labute approximate surface area is 107 Å². The predicted molar refractivity (Wildman–Crippen MR) is 76.9 cm³/mol. The van der Waals surface area contributed by atoms with Crippen LogP contribution in [0.25, 0.3) is 11.1 Å². The summed E-state index contributed by atoms with van der Waals surface area (Å²) in [5.41, 5.74) is 5.17. The number of hydrogen-bond acceptors (Lipinski definition) is 2. The topological polar surface area (TPSA) is 47.7 Å². The molecule has 0 bridgehead atoms. The van der Waals surface area contributed by atoms with Gasteiger partial charge in [-0.25, -0.2) is 0 Å². The Kier molecular flexibility index (Phi) is 3.38. The zero-order valence-electron chi connectivity index (χ0n) is 10.6. The molecule has 0 saturated heterocycles. The van der Waals surface area contributed by atoms with E-state index < -0.39 is 0 Å². The van der Waals surface area contributed by atoms with Crippen molar-refractivity contribution >= 4 is 11.4 Å². The van der Waals surface area contributed by atoms with Gasteiger partial charge in [-0.3, -0.25) is 0 Å². The molecule has 0 aromatic heterocycles. The van der Waals surface area contributed by atoms with E-state index in [1.54, 1.807) is 13.8 Å². The van der Waals surface area contributed by atoms with Gasteiger partial charge in [0.2, 0.25) is 0 Å². The van der Waals surface area contributed by atoms with Crippen LogP contribution in [0.3, 0.4) is 0 Å². The average Bonchev–Trinajstić information content (AvgIpc) is 2.39. The molecular weight excluding hydrogens is 220 g/mol. The van der Waals surface area contributed by atoms with Gasteiger partial charge in [0.25, 0.3) is 0 Å². The molecule has 2 heteroatoms. The number of benzene rings is 2. The van der Waals surface area contributed by atoms with Crippen molar-refractivity contribution < 1.29 is 0 Å². The first kappa shape index (κ1) is 12.2. The summed E-state index contributed by atoms with van der Waals surface area (Å²) in [5, 5.41) is 15.3. The quantitative estimate of drug-likeness (QED) is 0.753. The zero-order valence-corrected chi connectivity index (χ0v) is 10.6. The Balaban J connectivity index is 2.48. The smallest absolute Gasteiger partial charge is 0.0355 e. The van der Waals surface area contributed by atoms with Crippen molar-refractivity contribution in [3.8, 4) is 11.1 Å². The van der Waals surface area contributed by atoms with Gasteiger partial charge in [-0.2, -0.15) is 0 Å². The highest BCUT2D eigenvalue weighted by Gasteiger charge is 2.02. The van der Waals surface area contributed by atoms with Gasteiger partial charge in [-0.05, 0) is 48.2 Å². The second kappa shape index (κ2) is 4.96. The molecule has 0 spiro atoms. The van der Waals surface area contributed by atoms with Crippen molar-refractivity contribution in [3.63, 3.8) is 0 Å². The van der Waals surface area contributed by atoms with Gasteiger partial charge >= 0.3 is 0 Å². The Bertz CT molecular complexity index is 556. The highest BCUT2D eigenvalue weighted by Crippen LogP contribution is 2.22. The highest BCUT2D eigenvalue weighted by atomic mass is 14.4. The fraction of sp³-hybridized carbons (Fsp3) is 0.125. The summed E-state index contributed by atoms with van der Waals surface area (Å²) < 4.78 is 0. The lowest BCUT2D eigenvalue weighted by Crippen LogP contribution is -1.94. The first-order valence-corrected chi connectivity index (χ1v) is 5.89. The van der Waals surface area contributed by atoms with E-state index in [-0.39, 0.29) is 0 Å². The molecule has 2 aromatic carbocycles. The number of nitrogens with one attached hydrogen (secondary N) is 2. The van der Waals surface area contributed by atoms with Gasteiger partial charge in [0, 0.05) is 11.4 Å². The summed E-state index contributed by atoms with van der Waals surface area (Å²) in [7, 11) is 0. The van der Waals surface area contributed by atoms with Crippen LogP contribution in [0.15, 0.2) is 48.5 Å². The molecule has 0 aliphatic carbocycles. The minimum Gasteiger partial charge on any atom is -0.305 e. The predicted octanol–water partition coefficient (Wildman–Crippen LogP) is 4.13. The fourth-order valence-electron chi connectivity index (χ4n) is 1.86. The van der Waals surface area contributed by atoms with E-state index in [1.807, 2.05) is 48.5 Å². The van der Waals surface area contributed by atoms with E-state index in [9.17, 15) is 0 Å². The van der Waals surface area contributed by atoms with Crippen molar-refractivity contribution in [2.45, 2.75) is 13.8 Å². The van der Waals surface area contributed by atoms with E-state index >= 15 is 0 Å². The van der Waals surface area contributed by atoms with Gasteiger partial charge in [0.05, 0.1) is 0 Å². The maximum absolute atomic E-state index is 7.67. The monoisotopic (exact) mass is 236 g/mol. The minimum atomic E-state index is 0.566. The maximum Gasteiger partial charge on any atom is 0.0355 e. The van der Waals surface area contributed by atoms with Crippen LogP contribution in [0, 0.1) is 10.8 Å². The molecule has 2 nitrogen and oxygen atoms in total. The van der Waals surface area contributed by atoms with Gasteiger partial charge < -0.3 is 10.8 Å². The first-order valence-electron chi connectivity index (χ1n) is 5.89. The van der Waals surface area contributed by atoms with Crippen LogP contribution < -0.4 is 0 Å². The third-order valence-electron chi connectivity index (χ3n) is 2.92. The van der Waals surface area contributed by atoms with Crippen molar-refractivity contribution in [1.82, 2.24) is 0 Å². The molecular formula is C16H16N2. The third kappa shape index (κ3) is 2.54. The van der Waals surface area contributed by atoms with Crippen molar-refractivity contribution in [1.29, 1.82) is 10.8 Å². The standard InChI is InChI=1S/C16H16N2/c1-11(17)13-5-3-7-15(9-13)16-8-4-6-14(10-16)12(2)18/h3-10,17-18H,1-2H3. The lowest BCUT2D eigenvalue weighted by molar-refractivity contribution is 1.44. The summed E-state index contributed by atoms with van der Waals surface area (Å²) in [4.78, 5) is 0. The van der Waals surface area contributed by atoms with Gasteiger partial charge in [0.1, 0.15) is 0 Å². The van der Waals surface area contributed by atoms with Crippen LogP contribution in [-0.4, -0.2) is 11.4 Å². The summed E-state index contributed by atoms with van der Waals surface area (Å²) >= 11 is 0. The van der Waals surface area contributed by atoms with E-state index in [2.05, 4.69) is 0 Å². The molecule has 0 saturated carbocycles. The van der Waals surface area contributed by atoms with Gasteiger partial charge in [-0.15, -0.1) is 0 Å². The molecule has 18 heavy (non-hydrogen) atoms. The average molecular weight is 236 g/mol. The van der Waals surface area contributed by atoms with Crippen LogP contribution >= 0.6 is 0 Å². The van der Waals surface area contributed by atoms with Crippen LogP contribution in [-0.2, 0) is 0 Å². The molecule has 0 atom stereocenters. The van der Waals surface area contributed by atoms with Gasteiger partial charge in [0.15, 0.2) is 0 Å². The Morgan fingerprint density at radius 1 is 0.722 bits per heavy atom. The highest BCUT2D eigenvalue weighted by molar-refractivity contribution is 5.98. The van der Waals surface area contributed by atoms with Crippen molar-refractivity contribution in [3.05, 3.63) is 59.7 Å². The lowest BCUT2D eigenvalue weighted by Gasteiger charge is -2.06. The molecule has 0 unspecified atom stereocenters. The lowest BCUT2D eigenvalue weighted by atomic mass is 9.99. The second-order valence-electron chi connectivity index (χ2n) is 4.41. The molecule has 0 radical (unpaired) electrons. The molecule has 2 aromatic rings. The number of rotatable bonds is 3. The molecule has 0 heterocycles. The third-order valence-corrected chi connectivity index (χ3v) is 2.92. The van der Waals surface area contributed by atoms with Crippen LogP contribution in [0.4, 0.5) is 0 Å². The largest absolute Gasteiger partial charge is 0.305 e. The summed E-state index contributed by atoms with van der Waals surface area (Å²) in [5.74, 6) is 0. The molecule has 90 valence electrons. The molecule has 2 rings (SSSR count). The molecule has 0 fully saturated rings. The van der Waals surface area contributed by atoms with Crippen LogP contribution in [0.2, 0.25) is 0 Å². The number of hydrogen-bond donors (Lipinski definition) is 2. The molecule has 0 aliphatic rings. The molecule has 0 aliphatic heterocycles. The molecule has 0 amide bonds. The normalized spacial score (nSPS) is 10.1. The van der Waals surface area contributed by atoms with Crippen molar-refractivity contribution in [2.24, 2.45) is 0 Å². The fourth-order valence-corrected chi connectivity index (χ4v) is 1.86. The molecule has 2 N–H and O–H groups in total. The zero-order chi connectivity index (χ0) is 13.1. The second-order valence-corrected chi connectivity index (χ2v) is 4.41. The van der Waals surface area contributed by atoms with E-state index in [0.29, 0.717) is 11.4 Å². The van der Waals surface area contributed by atoms with Gasteiger partial charge in [-0.1, -0.05) is 36.4 Å². The van der Waals surface area contributed by atoms with E-state index in [0.717, 1.165) is 22.3 Å². The Hall–Kier alpha value is -2.22. The van der Waals surface area contributed by atoms with E-state index in [4.69, 9.17) is 10.8 Å². The first-order chi connectivity index (χ1) is 8.58. The van der Waals surface area contributed by atoms with Crippen molar-refractivity contribution in [2.75, 3.05) is 0 Å². The van der Waals surface area contributed by atoms with E-state index in [1.165, 1.54) is 0 Å². The SMILES string of the molecule is CC(=N)c1cccc(-c2cccc(C(C)=N)c2)c1.